The van der Waals surface area contributed by atoms with E-state index in [-0.39, 0.29) is 6.10 Å². The molecular weight excluding hydrogens is 126 g/mol. The first kappa shape index (κ1) is 7.30. The van der Waals surface area contributed by atoms with Crippen molar-refractivity contribution in [3.05, 3.63) is 12.2 Å². The minimum atomic E-state index is -0.131. The molecule has 1 fully saturated rings. The summed E-state index contributed by atoms with van der Waals surface area (Å²) >= 11 is 0. The topological polar surface area (TPSA) is 44.0 Å². The maximum atomic E-state index is 9.08. The van der Waals surface area contributed by atoms with Crippen LogP contribution in [-0.4, -0.2) is 11.2 Å². The molecule has 1 saturated carbocycles. The third kappa shape index (κ3) is 1.85. The second-order valence-electron chi connectivity index (χ2n) is 2.72. The van der Waals surface area contributed by atoms with Crippen LogP contribution in [0.15, 0.2) is 12.2 Å². The summed E-state index contributed by atoms with van der Waals surface area (Å²) in [5.74, 6) is 0.439. The van der Waals surface area contributed by atoms with Gasteiger partial charge in [0.05, 0.1) is 12.2 Å². The maximum Gasteiger partial charge on any atom is 0.0908 e. The van der Waals surface area contributed by atoms with Gasteiger partial charge in [-0.15, -0.1) is 0 Å². The highest BCUT2D eigenvalue weighted by Gasteiger charge is 2.19. The van der Waals surface area contributed by atoms with Crippen LogP contribution in [0.1, 0.15) is 19.3 Å². The highest BCUT2D eigenvalue weighted by molar-refractivity contribution is 5.05. The lowest BCUT2D eigenvalue weighted by Gasteiger charge is -1.98. The Bertz CT molecular complexity index is 169. The molecule has 0 saturated heterocycles. The fourth-order valence-corrected chi connectivity index (χ4v) is 1.35. The highest BCUT2D eigenvalue weighted by Crippen LogP contribution is 2.25. The summed E-state index contributed by atoms with van der Waals surface area (Å²) in [6.45, 7) is 0. The quantitative estimate of drug-likeness (QED) is 0.552. The smallest absolute Gasteiger partial charge is 0.0908 e. The fraction of sp³-hybridized carbons (Fsp3) is 0.625. The summed E-state index contributed by atoms with van der Waals surface area (Å²) in [4.78, 5) is 0. The molecule has 2 heteroatoms. The van der Waals surface area contributed by atoms with Crippen LogP contribution in [0.25, 0.3) is 0 Å². The van der Waals surface area contributed by atoms with E-state index in [0.717, 1.165) is 19.3 Å². The van der Waals surface area contributed by atoms with E-state index in [1.165, 1.54) is 6.08 Å². The molecule has 0 amide bonds. The number of rotatable bonds is 1. The lowest BCUT2D eigenvalue weighted by atomic mass is 10.1. The molecule has 0 aromatic rings. The maximum absolute atomic E-state index is 9.08. The highest BCUT2D eigenvalue weighted by atomic mass is 16.3. The van der Waals surface area contributed by atoms with Crippen LogP contribution < -0.4 is 0 Å². The minimum Gasteiger partial charge on any atom is -0.393 e. The standard InChI is InChI=1S/C8H11NO/c9-5-1-2-7-3-4-8(10)6-7/h1-2,7-8,10H,3-4,6H2/b2-1+/t7-,8+/m0/s1. The van der Waals surface area contributed by atoms with Gasteiger partial charge in [0, 0.05) is 6.08 Å². The molecule has 54 valence electrons. The van der Waals surface area contributed by atoms with E-state index in [1.54, 1.807) is 0 Å². The van der Waals surface area contributed by atoms with Crippen LogP contribution in [0.4, 0.5) is 0 Å². The van der Waals surface area contributed by atoms with Crippen molar-refractivity contribution < 1.29 is 5.11 Å². The molecule has 1 aliphatic carbocycles. The fourth-order valence-electron chi connectivity index (χ4n) is 1.35. The first-order valence-corrected chi connectivity index (χ1v) is 3.57. The van der Waals surface area contributed by atoms with Crippen LogP contribution >= 0.6 is 0 Å². The number of hydrogen-bond donors (Lipinski definition) is 1. The molecule has 10 heavy (non-hydrogen) atoms. The van der Waals surface area contributed by atoms with Crippen molar-refractivity contribution >= 4 is 0 Å². The Morgan fingerprint density at radius 2 is 2.30 bits per heavy atom. The summed E-state index contributed by atoms with van der Waals surface area (Å²) in [7, 11) is 0. The summed E-state index contributed by atoms with van der Waals surface area (Å²) in [6.07, 6.45) is 6.00. The summed E-state index contributed by atoms with van der Waals surface area (Å²) < 4.78 is 0. The van der Waals surface area contributed by atoms with Gasteiger partial charge >= 0.3 is 0 Å². The largest absolute Gasteiger partial charge is 0.393 e. The van der Waals surface area contributed by atoms with Gasteiger partial charge in [-0.3, -0.25) is 0 Å². The van der Waals surface area contributed by atoms with Crippen LogP contribution in [0.2, 0.25) is 0 Å². The van der Waals surface area contributed by atoms with Crippen LogP contribution in [0.3, 0.4) is 0 Å². The monoisotopic (exact) mass is 137 g/mol. The molecule has 2 nitrogen and oxygen atoms in total. The molecule has 0 aromatic carbocycles. The number of nitrogens with zero attached hydrogens (tertiary/aromatic N) is 1. The van der Waals surface area contributed by atoms with Crippen molar-refractivity contribution in [1.29, 1.82) is 5.26 Å². The molecule has 0 bridgehead atoms. The molecule has 0 radical (unpaired) electrons. The third-order valence-corrected chi connectivity index (χ3v) is 1.89. The summed E-state index contributed by atoms with van der Waals surface area (Å²) in [6, 6.07) is 1.95. The van der Waals surface area contributed by atoms with Gasteiger partial charge in [0.15, 0.2) is 0 Å². The number of nitriles is 1. The predicted molar refractivity (Wildman–Crippen MR) is 38.1 cm³/mol. The van der Waals surface area contributed by atoms with E-state index in [4.69, 9.17) is 10.4 Å². The molecule has 1 rings (SSSR count). The average Bonchev–Trinajstić information content (AvgIpc) is 2.31. The molecule has 0 aliphatic heterocycles. The van der Waals surface area contributed by atoms with E-state index in [9.17, 15) is 0 Å². The van der Waals surface area contributed by atoms with E-state index in [1.807, 2.05) is 12.1 Å². The van der Waals surface area contributed by atoms with E-state index in [0.29, 0.717) is 5.92 Å². The molecule has 1 N–H and O–H groups in total. The Morgan fingerprint density at radius 1 is 1.50 bits per heavy atom. The zero-order valence-electron chi connectivity index (χ0n) is 5.83. The Kier molecular flexibility index (Phi) is 2.47. The normalized spacial score (nSPS) is 32.8. The lowest BCUT2D eigenvalue weighted by Crippen LogP contribution is -1.97. The van der Waals surface area contributed by atoms with Gasteiger partial charge < -0.3 is 5.11 Å². The second kappa shape index (κ2) is 3.38. The van der Waals surface area contributed by atoms with Gasteiger partial charge in [0.1, 0.15) is 0 Å². The average molecular weight is 137 g/mol. The van der Waals surface area contributed by atoms with Crippen molar-refractivity contribution in [1.82, 2.24) is 0 Å². The number of allylic oxidation sites excluding steroid dienone is 2. The SMILES string of the molecule is N#C/C=C/[C@H]1CC[C@@H](O)C1. The van der Waals surface area contributed by atoms with Gasteiger partial charge in [-0.05, 0) is 25.2 Å². The van der Waals surface area contributed by atoms with Gasteiger partial charge in [0.25, 0.3) is 0 Å². The van der Waals surface area contributed by atoms with Crippen molar-refractivity contribution in [2.75, 3.05) is 0 Å². The van der Waals surface area contributed by atoms with Crippen LogP contribution in [0, 0.1) is 17.2 Å². The molecule has 2 atom stereocenters. The Labute approximate surface area is 60.8 Å². The molecule has 1 aliphatic rings. The molecular formula is C8H11NO. The second-order valence-corrected chi connectivity index (χ2v) is 2.72. The van der Waals surface area contributed by atoms with Gasteiger partial charge in [-0.25, -0.2) is 0 Å². The van der Waals surface area contributed by atoms with Gasteiger partial charge in [-0.2, -0.15) is 5.26 Å². The zero-order valence-corrected chi connectivity index (χ0v) is 5.83. The number of aliphatic hydroxyl groups excluding tert-OH is 1. The van der Waals surface area contributed by atoms with Crippen molar-refractivity contribution in [2.24, 2.45) is 5.92 Å². The van der Waals surface area contributed by atoms with E-state index < -0.39 is 0 Å². The van der Waals surface area contributed by atoms with Crippen molar-refractivity contribution in [3.8, 4) is 6.07 Å². The minimum absolute atomic E-state index is 0.131. The van der Waals surface area contributed by atoms with E-state index >= 15 is 0 Å². The summed E-state index contributed by atoms with van der Waals surface area (Å²) in [5.41, 5.74) is 0. The number of hydrogen-bond acceptors (Lipinski definition) is 2. The Morgan fingerprint density at radius 3 is 2.80 bits per heavy atom. The van der Waals surface area contributed by atoms with Gasteiger partial charge in [-0.1, -0.05) is 6.08 Å². The Balaban J connectivity index is 2.33. The molecule has 0 spiro atoms. The molecule has 0 aromatic heterocycles. The van der Waals surface area contributed by atoms with Gasteiger partial charge in [0.2, 0.25) is 0 Å². The third-order valence-electron chi connectivity index (χ3n) is 1.89. The molecule has 0 heterocycles. The zero-order chi connectivity index (χ0) is 7.40. The van der Waals surface area contributed by atoms with Crippen LogP contribution in [0.5, 0.6) is 0 Å². The van der Waals surface area contributed by atoms with Crippen LogP contribution in [-0.2, 0) is 0 Å². The van der Waals surface area contributed by atoms with Crippen molar-refractivity contribution in [2.45, 2.75) is 25.4 Å². The predicted octanol–water partition coefficient (Wildman–Crippen LogP) is 1.23. The lowest BCUT2D eigenvalue weighted by molar-refractivity contribution is 0.180. The summed E-state index contributed by atoms with van der Waals surface area (Å²) in [5, 5.41) is 17.3. The van der Waals surface area contributed by atoms with Crippen molar-refractivity contribution in [3.63, 3.8) is 0 Å². The van der Waals surface area contributed by atoms with E-state index in [2.05, 4.69) is 0 Å². The first-order chi connectivity index (χ1) is 4.83. The molecule has 0 unspecified atom stereocenters. The first-order valence-electron chi connectivity index (χ1n) is 3.57. The number of aliphatic hydroxyl groups is 1. The Hall–Kier alpha value is -0.810.